The van der Waals surface area contributed by atoms with E-state index in [-0.39, 0.29) is 38.5 Å². The van der Waals surface area contributed by atoms with Crippen LogP contribution in [0.5, 0.6) is 0 Å². The van der Waals surface area contributed by atoms with Gasteiger partial charge in [-0.15, -0.1) is 0 Å². The van der Waals surface area contributed by atoms with Gasteiger partial charge in [0.05, 0.1) is 12.6 Å². The van der Waals surface area contributed by atoms with Gasteiger partial charge in [-0.2, -0.15) is 0 Å². The van der Waals surface area contributed by atoms with Gasteiger partial charge in [0.2, 0.25) is 11.8 Å². The molecule has 0 fully saturated rings. The summed E-state index contributed by atoms with van der Waals surface area (Å²) in [5.74, 6) is -0.831. The van der Waals surface area contributed by atoms with E-state index in [0.717, 1.165) is 21.9 Å². The first-order valence-electron chi connectivity index (χ1n) is 16.8. The van der Waals surface area contributed by atoms with Gasteiger partial charge < -0.3 is 35.4 Å². The predicted octanol–water partition coefficient (Wildman–Crippen LogP) is 4.88. The van der Waals surface area contributed by atoms with Gasteiger partial charge >= 0.3 is 12.1 Å². The number of urea groups is 1. The normalized spacial score (nSPS) is 12.4. The number of likely N-dealkylation sites (N-methyl/N-ethyl adjacent to an activating group) is 1. The van der Waals surface area contributed by atoms with E-state index >= 15 is 0 Å². The number of fused-ring (bicyclic) bond motifs is 1. The Hall–Kier alpha value is -4.43. The number of unbranched alkanes of at least 4 members (excludes halogenated alkanes) is 1. The fourth-order valence-electron chi connectivity index (χ4n) is 5.46. The van der Waals surface area contributed by atoms with Gasteiger partial charge in [0.1, 0.15) is 6.04 Å². The van der Waals surface area contributed by atoms with E-state index in [9.17, 15) is 19.2 Å². The number of rotatable bonds is 20. The molecular formula is C36H49ClN6O7. The molecule has 2 atom stereocenters. The first-order chi connectivity index (χ1) is 24.0. The monoisotopic (exact) mass is 712 g/mol. The Morgan fingerprint density at radius 1 is 0.900 bits per heavy atom. The summed E-state index contributed by atoms with van der Waals surface area (Å²) in [7, 11) is 1.54. The van der Waals surface area contributed by atoms with Crippen LogP contribution in [0.2, 0.25) is 5.02 Å². The van der Waals surface area contributed by atoms with Crippen molar-refractivity contribution in [1.29, 1.82) is 0 Å². The quantitative estimate of drug-likeness (QED) is 0.0630. The summed E-state index contributed by atoms with van der Waals surface area (Å²) in [6.45, 7) is 6.75. The number of nitrogens with one attached hydrogen (secondary N) is 4. The minimum Gasteiger partial charge on any atom is -0.465 e. The summed E-state index contributed by atoms with van der Waals surface area (Å²) in [6, 6.07) is 18.9. The molecule has 0 aliphatic heterocycles. The van der Waals surface area contributed by atoms with E-state index < -0.39 is 36.4 Å². The molecule has 13 nitrogen and oxygen atoms in total. The topological polar surface area (TPSA) is 162 Å². The maximum absolute atomic E-state index is 14.5. The Morgan fingerprint density at radius 2 is 1.58 bits per heavy atom. The molecule has 0 heterocycles. The molecule has 0 radical (unpaired) electrons. The third-order valence-electron chi connectivity index (χ3n) is 7.92. The van der Waals surface area contributed by atoms with E-state index in [1.54, 1.807) is 36.2 Å². The number of hydrogen-bond acceptors (Lipinski definition) is 7. The fraction of sp³-hybridized carbons (Fsp3) is 0.444. The number of amides is 5. The molecular weight excluding hydrogens is 664 g/mol. The first-order valence-corrected chi connectivity index (χ1v) is 17.2. The Balaban J connectivity index is 1.79. The van der Waals surface area contributed by atoms with E-state index in [2.05, 4.69) is 21.4 Å². The Labute approximate surface area is 298 Å². The first kappa shape index (κ1) is 40.0. The van der Waals surface area contributed by atoms with Crippen LogP contribution in [0.3, 0.4) is 0 Å². The van der Waals surface area contributed by atoms with Crippen molar-refractivity contribution in [2.45, 2.75) is 71.5 Å². The third-order valence-corrected chi connectivity index (χ3v) is 8.17. The second kappa shape index (κ2) is 20.9. The average Bonchev–Trinajstić information content (AvgIpc) is 3.08. The molecule has 0 saturated heterocycles. The van der Waals surface area contributed by atoms with Crippen molar-refractivity contribution in [3.8, 4) is 0 Å². The second-order valence-electron chi connectivity index (χ2n) is 11.7. The molecule has 272 valence electrons. The molecule has 50 heavy (non-hydrogen) atoms. The lowest BCUT2D eigenvalue weighted by Crippen LogP contribution is -2.56. The van der Waals surface area contributed by atoms with Crippen LogP contribution < -0.4 is 21.4 Å². The van der Waals surface area contributed by atoms with Gasteiger partial charge in [-0.1, -0.05) is 66.2 Å². The fourth-order valence-corrected chi connectivity index (χ4v) is 5.58. The number of nitrogens with zero attached hydrogens (tertiary/aromatic N) is 2. The maximum Gasteiger partial charge on any atom is 0.404 e. The van der Waals surface area contributed by atoms with Gasteiger partial charge in [-0.25, -0.2) is 14.6 Å². The van der Waals surface area contributed by atoms with Crippen LogP contribution in [0.25, 0.3) is 10.8 Å². The molecule has 0 unspecified atom stereocenters. The summed E-state index contributed by atoms with van der Waals surface area (Å²) in [5, 5.41) is 20.8. The highest BCUT2D eigenvalue weighted by atomic mass is 35.5. The predicted molar refractivity (Wildman–Crippen MR) is 192 cm³/mol. The molecule has 0 bridgehead atoms. The number of hydrazine groups is 1. The van der Waals surface area contributed by atoms with Crippen molar-refractivity contribution in [1.82, 2.24) is 31.3 Å². The Bertz CT molecular complexity index is 1530. The molecule has 14 heteroatoms. The number of carbonyl (C=O) groups excluding carboxylic acids is 3. The van der Waals surface area contributed by atoms with Gasteiger partial charge in [0, 0.05) is 44.9 Å². The summed E-state index contributed by atoms with van der Waals surface area (Å²) in [4.78, 5) is 53.0. The lowest BCUT2D eigenvalue weighted by molar-refractivity contribution is -0.179. The minimum absolute atomic E-state index is 0.203. The minimum atomic E-state index is -1.13. The van der Waals surface area contributed by atoms with Crippen LogP contribution in [-0.2, 0) is 32.2 Å². The molecule has 0 aliphatic rings. The number of carbonyl (C=O) groups is 4. The highest BCUT2D eigenvalue weighted by Gasteiger charge is 2.34. The highest BCUT2D eigenvalue weighted by Crippen LogP contribution is 2.23. The molecule has 3 aromatic carbocycles. The van der Waals surface area contributed by atoms with E-state index in [1.807, 2.05) is 63.2 Å². The van der Waals surface area contributed by atoms with Gasteiger partial charge in [-0.3, -0.25) is 15.0 Å². The van der Waals surface area contributed by atoms with E-state index in [0.29, 0.717) is 31.1 Å². The second-order valence-corrected chi connectivity index (χ2v) is 12.2. The van der Waals surface area contributed by atoms with Crippen molar-refractivity contribution >= 4 is 46.3 Å². The molecule has 0 aliphatic carbocycles. The number of ether oxygens (including phenoxy) is 2. The maximum atomic E-state index is 14.5. The van der Waals surface area contributed by atoms with Crippen LogP contribution in [-0.4, -0.2) is 90.7 Å². The summed E-state index contributed by atoms with van der Waals surface area (Å²) in [5.41, 5.74) is 4.37. The average molecular weight is 713 g/mol. The van der Waals surface area contributed by atoms with Crippen molar-refractivity contribution in [3.63, 3.8) is 0 Å². The van der Waals surface area contributed by atoms with Crippen molar-refractivity contribution < 1.29 is 33.8 Å². The number of halogens is 1. The zero-order chi connectivity index (χ0) is 36.5. The van der Waals surface area contributed by atoms with Crippen LogP contribution in [0, 0.1) is 0 Å². The van der Waals surface area contributed by atoms with Gasteiger partial charge in [0.25, 0.3) is 0 Å². The van der Waals surface area contributed by atoms with E-state index in [4.69, 9.17) is 26.2 Å². The van der Waals surface area contributed by atoms with Crippen LogP contribution in [0.4, 0.5) is 9.59 Å². The molecule has 0 spiro atoms. The Morgan fingerprint density at radius 3 is 2.26 bits per heavy atom. The van der Waals surface area contributed by atoms with Crippen LogP contribution >= 0.6 is 11.6 Å². The van der Waals surface area contributed by atoms with Crippen molar-refractivity contribution in [2.24, 2.45) is 0 Å². The smallest absolute Gasteiger partial charge is 0.404 e. The van der Waals surface area contributed by atoms with Crippen LogP contribution in [0.1, 0.15) is 51.2 Å². The SMILES string of the molecule is CCOC(OCC)[C@H](C)N(Cc1cccc2ccccc12)C(=O)[C@H](CCCCNC(=O)O)NC(=O)CN(C)NC(=O)NCc1ccc(Cl)cc1. The lowest BCUT2D eigenvalue weighted by Gasteiger charge is -2.37. The highest BCUT2D eigenvalue weighted by molar-refractivity contribution is 6.30. The molecule has 0 aromatic heterocycles. The standard InChI is InChI=1S/C36H49ClN6O7/c1-5-49-34(50-6-2)25(3)43(23-28-14-11-13-27-12-7-8-15-30(27)28)33(45)31(16-9-10-21-38-36(47)48)40-32(44)24-42(4)41-35(46)39-22-26-17-19-29(37)20-18-26/h7-8,11-15,17-20,25,31,34,38H,5-6,9-10,16,21-24H2,1-4H3,(H,40,44)(H,47,48)(H2,39,41,46)/t25-,31-/m0/s1. The molecule has 5 amide bonds. The van der Waals surface area contributed by atoms with Gasteiger partial charge in [-0.05, 0) is 74.1 Å². The van der Waals surface area contributed by atoms with Crippen molar-refractivity contribution in [2.75, 3.05) is 33.4 Å². The third kappa shape index (κ3) is 13.1. The summed E-state index contributed by atoms with van der Waals surface area (Å²) < 4.78 is 11.8. The number of hydrogen-bond donors (Lipinski definition) is 5. The summed E-state index contributed by atoms with van der Waals surface area (Å²) >= 11 is 5.93. The number of carboxylic acid groups (broad SMARTS) is 1. The molecule has 0 saturated carbocycles. The molecule has 3 rings (SSSR count). The summed E-state index contributed by atoms with van der Waals surface area (Å²) in [6.07, 6.45) is -0.694. The van der Waals surface area contributed by atoms with Crippen molar-refractivity contribution in [3.05, 3.63) is 82.9 Å². The Kier molecular flexibility index (Phi) is 16.8. The van der Waals surface area contributed by atoms with E-state index in [1.165, 1.54) is 5.01 Å². The van der Waals surface area contributed by atoms with Gasteiger partial charge in [0.15, 0.2) is 6.29 Å². The zero-order valence-electron chi connectivity index (χ0n) is 29.1. The van der Waals surface area contributed by atoms with Crippen LogP contribution in [0.15, 0.2) is 66.7 Å². The zero-order valence-corrected chi connectivity index (χ0v) is 29.9. The molecule has 3 aromatic rings. The lowest BCUT2D eigenvalue weighted by atomic mass is 10.0. The number of benzene rings is 3. The largest absolute Gasteiger partial charge is 0.465 e. The molecule has 5 N–H and O–H groups in total.